The molecule has 0 aromatic rings. The quantitative estimate of drug-likeness (QED) is 0.694. The van der Waals surface area contributed by atoms with E-state index in [1.807, 2.05) is 6.92 Å². The van der Waals surface area contributed by atoms with Gasteiger partial charge in [0.25, 0.3) is 0 Å². The van der Waals surface area contributed by atoms with Crippen molar-refractivity contribution in [3.05, 3.63) is 12.2 Å². The van der Waals surface area contributed by atoms with E-state index < -0.39 is 17.9 Å². The summed E-state index contributed by atoms with van der Waals surface area (Å²) >= 11 is 0. The van der Waals surface area contributed by atoms with Crippen LogP contribution in [-0.4, -0.2) is 29.1 Å². The van der Waals surface area contributed by atoms with Crippen LogP contribution in [0.25, 0.3) is 0 Å². The van der Waals surface area contributed by atoms with Gasteiger partial charge in [-0.3, -0.25) is 4.79 Å². The van der Waals surface area contributed by atoms with Gasteiger partial charge >= 0.3 is 5.97 Å². The number of esters is 1. The summed E-state index contributed by atoms with van der Waals surface area (Å²) in [7, 11) is 0. The molecule has 0 saturated carbocycles. The fourth-order valence-electron chi connectivity index (χ4n) is 2.35. The second-order valence-electron chi connectivity index (χ2n) is 5.55. The Hall–Kier alpha value is -1.16. The number of hydrogen-bond donors (Lipinski definition) is 1. The van der Waals surface area contributed by atoms with Gasteiger partial charge in [-0.15, -0.1) is 0 Å². The van der Waals surface area contributed by atoms with E-state index in [0.29, 0.717) is 6.42 Å². The first-order chi connectivity index (χ1) is 9.59. The predicted molar refractivity (Wildman–Crippen MR) is 77.3 cm³/mol. The van der Waals surface area contributed by atoms with E-state index in [-0.39, 0.29) is 6.10 Å². The normalized spacial score (nSPS) is 29.7. The van der Waals surface area contributed by atoms with E-state index in [9.17, 15) is 14.7 Å². The second-order valence-corrected chi connectivity index (χ2v) is 5.55. The Kier molecular flexibility index (Phi) is 8.19. The third-order valence-corrected chi connectivity index (χ3v) is 3.62. The first-order valence-corrected chi connectivity index (χ1v) is 7.70. The highest BCUT2D eigenvalue weighted by Crippen LogP contribution is 2.13. The maximum atomic E-state index is 11.6. The van der Waals surface area contributed by atoms with Crippen molar-refractivity contribution < 1.29 is 19.4 Å². The SMILES string of the molecule is C[C@@H]1CCCCCCCCC[C@H](O)C(=O)/C=C/C(=O)O1. The van der Waals surface area contributed by atoms with Crippen LogP contribution in [-0.2, 0) is 14.3 Å². The number of cyclic esters (lactones) is 1. The van der Waals surface area contributed by atoms with Crippen molar-refractivity contribution in [2.24, 2.45) is 0 Å². The van der Waals surface area contributed by atoms with Crippen molar-refractivity contribution in [2.75, 3.05) is 0 Å². The molecular weight excluding hydrogens is 256 g/mol. The Balaban J connectivity index is 2.52. The number of ether oxygens (including phenoxy) is 1. The molecule has 1 rings (SSSR count). The number of ketones is 1. The van der Waals surface area contributed by atoms with Crippen LogP contribution in [0.2, 0.25) is 0 Å². The zero-order valence-corrected chi connectivity index (χ0v) is 12.3. The monoisotopic (exact) mass is 282 g/mol. The van der Waals surface area contributed by atoms with E-state index >= 15 is 0 Å². The molecule has 0 aromatic carbocycles. The number of carbonyl (C=O) groups excluding carboxylic acids is 2. The Labute approximate surface area is 121 Å². The summed E-state index contributed by atoms with van der Waals surface area (Å²) in [5, 5.41) is 9.67. The molecule has 1 N–H and O–H groups in total. The van der Waals surface area contributed by atoms with Crippen LogP contribution in [0.5, 0.6) is 0 Å². The molecule has 4 nitrogen and oxygen atoms in total. The topological polar surface area (TPSA) is 63.6 Å². The summed E-state index contributed by atoms with van der Waals surface area (Å²) in [5.74, 6) is -0.924. The second kappa shape index (κ2) is 9.70. The lowest BCUT2D eigenvalue weighted by molar-refractivity contribution is -0.142. The van der Waals surface area contributed by atoms with Crippen molar-refractivity contribution in [1.29, 1.82) is 0 Å². The molecule has 0 radical (unpaired) electrons. The molecule has 0 spiro atoms. The lowest BCUT2D eigenvalue weighted by Crippen LogP contribution is -2.19. The summed E-state index contributed by atoms with van der Waals surface area (Å²) in [5.41, 5.74) is 0. The Bertz CT molecular complexity index is 335. The van der Waals surface area contributed by atoms with Gasteiger partial charge in [-0.25, -0.2) is 4.79 Å². The highest BCUT2D eigenvalue weighted by Gasteiger charge is 2.13. The minimum absolute atomic E-state index is 0.125. The Morgan fingerprint density at radius 2 is 1.50 bits per heavy atom. The Morgan fingerprint density at radius 1 is 0.950 bits per heavy atom. The molecule has 2 atom stereocenters. The van der Waals surface area contributed by atoms with Crippen LogP contribution >= 0.6 is 0 Å². The summed E-state index contributed by atoms with van der Waals surface area (Å²) in [6.45, 7) is 1.87. The van der Waals surface area contributed by atoms with Crippen molar-refractivity contribution in [1.82, 2.24) is 0 Å². The average Bonchev–Trinajstić information content (AvgIpc) is 2.41. The maximum Gasteiger partial charge on any atom is 0.331 e. The van der Waals surface area contributed by atoms with Gasteiger partial charge in [-0.1, -0.05) is 38.5 Å². The van der Waals surface area contributed by atoms with Gasteiger partial charge in [-0.05, 0) is 32.3 Å². The zero-order valence-electron chi connectivity index (χ0n) is 12.3. The van der Waals surface area contributed by atoms with Gasteiger partial charge in [0.1, 0.15) is 6.10 Å². The van der Waals surface area contributed by atoms with Crippen LogP contribution < -0.4 is 0 Å². The van der Waals surface area contributed by atoms with E-state index in [0.717, 1.165) is 44.3 Å². The summed E-state index contributed by atoms with van der Waals surface area (Å²) in [4.78, 5) is 23.1. The minimum Gasteiger partial charge on any atom is -0.460 e. The molecule has 1 heterocycles. The van der Waals surface area contributed by atoms with E-state index in [1.165, 1.54) is 19.3 Å². The lowest BCUT2D eigenvalue weighted by atomic mass is 10.0. The molecular formula is C16H26O4. The highest BCUT2D eigenvalue weighted by atomic mass is 16.5. The standard InChI is InChI=1S/C16H26O4/c1-13-9-7-5-3-2-4-6-8-10-14(17)15(18)11-12-16(19)20-13/h11-14,17H,2-10H2,1H3/b12-11+/t13-,14+/m1/s1. The molecule has 0 aliphatic carbocycles. The van der Waals surface area contributed by atoms with Crippen LogP contribution in [0.1, 0.15) is 64.7 Å². The Morgan fingerprint density at radius 3 is 2.15 bits per heavy atom. The summed E-state index contributed by atoms with van der Waals surface area (Å²) in [6.07, 6.45) is 10.1. The molecule has 0 saturated heterocycles. The molecule has 0 bridgehead atoms. The molecule has 4 heteroatoms. The first-order valence-electron chi connectivity index (χ1n) is 7.70. The van der Waals surface area contributed by atoms with E-state index in [2.05, 4.69) is 0 Å². The molecule has 1 aliphatic rings. The van der Waals surface area contributed by atoms with Crippen LogP contribution in [0, 0.1) is 0 Å². The molecule has 0 unspecified atom stereocenters. The zero-order chi connectivity index (χ0) is 14.8. The molecule has 0 fully saturated rings. The smallest absolute Gasteiger partial charge is 0.331 e. The molecule has 1 aliphatic heterocycles. The predicted octanol–water partition coefficient (Wildman–Crippen LogP) is 2.93. The van der Waals surface area contributed by atoms with Gasteiger partial charge in [0.15, 0.2) is 5.78 Å². The maximum absolute atomic E-state index is 11.6. The van der Waals surface area contributed by atoms with Crippen molar-refractivity contribution in [2.45, 2.75) is 76.9 Å². The van der Waals surface area contributed by atoms with Crippen LogP contribution in [0.15, 0.2) is 12.2 Å². The van der Waals surface area contributed by atoms with Crippen molar-refractivity contribution in [3.63, 3.8) is 0 Å². The van der Waals surface area contributed by atoms with Crippen molar-refractivity contribution in [3.8, 4) is 0 Å². The van der Waals surface area contributed by atoms with Crippen LogP contribution in [0.3, 0.4) is 0 Å². The number of aliphatic hydroxyl groups is 1. The first kappa shape index (κ1) is 16.9. The van der Waals surface area contributed by atoms with Gasteiger partial charge in [0, 0.05) is 6.08 Å². The fourth-order valence-corrected chi connectivity index (χ4v) is 2.35. The molecule has 0 aromatic heterocycles. The molecule has 0 amide bonds. The summed E-state index contributed by atoms with van der Waals surface area (Å²) < 4.78 is 5.18. The van der Waals surface area contributed by atoms with Gasteiger partial charge in [0.05, 0.1) is 6.10 Å². The number of aliphatic hydroxyl groups excluding tert-OH is 1. The number of hydrogen-bond acceptors (Lipinski definition) is 4. The highest BCUT2D eigenvalue weighted by molar-refractivity contribution is 5.98. The van der Waals surface area contributed by atoms with E-state index in [1.54, 1.807) is 0 Å². The van der Waals surface area contributed by atoms with E-state index in [4.69, 9.17) is 4.74 Å². The number of rotatable bonds is 0. The largest absolute Gasteiger partial charge is 0.460 e. The minimum atomic E-state index is -0.996. The molecule has 20 heavy (non-hydrogen) atoms. The fraction of sp³-hybridized carbons (Fsp3) is 0.750. The molecule has 114 valence electrons. The van der Waals surface area contributed by atoms with Crippen molar-refractivity contribution >= 4 is 11.8 Å². The van der Waals surface area contributed by atoms with Gasteiger partial charge in [-0.2, -0.15) is 0 Å². The third-order valence-electron chi connectivity index (χ3n) is 3.62. The number of carbonyl (C=O) groups is 2. The van der Waals surface area contributed by atoms with Gasteiger partial charge in [0.2, 0.25) is 0 Å². The third kappa shape index (κ3) is 7.43. The lowest BCUT2D eigenvalue weighted by Gasteiger charge is -2.12. The average molecular weight is 282 g/mol. The summed E-state index contributed by atoms with van der Waals surface area (Å²) in [6, 6.07) is 0. The van der Waals surface area contributed by atoms with Crippen LogP contribution in [0.4, 0.5) is 0 Å². The van der Waals surface area contributed by atoms with Gasteiger partial charge < -0.3 is 9.84 Å².